The van der Waals surface area contributed by atoms with Gasteiger partial charge in [-0.3, -0.25) is 4.79 Å². The standard InChI is InChI=1S/C15H19NO/c1-11-8-9-12(2)15(17)14(11)10-16-13-6-4-3-5-7-13/h3-7,10-12,16H,8-9H2,1-2H3. The molecule has 1 aliphatic rings. The number of ketones is 1. The summed E-state index contributed by atoms with van der Waals surface area (Å²) in [6, 6.07) is 9.94. The van der Waals surface area contributed by atoms with Gasteiger partial charge in [0.2, 0.25) is 0 Å². The molecule has 1 N–H and O–H groups in total. The van der Waals surface area contributed by atoms with Crippen molar-refractivity contribution in [3.63, 3.8) is 0 Å². The van der Waals surface area contributed by atoms with Crippen molar-refractivity contribution in [1.82, 2.24) is 0 Å². The lowest BCUT2D eigenvalue weighted by molar-refractivity contribution is -0.120. The first-order valence-corrected chi connectivity index (χ1v) is 6.24. The predicted octanol–water partition coefficient (Wildman–Crippen LogP) is 3.62. The molecule has 1 aromatic carbocycles. The van der Waals surface area contributed by atoms with Crippen LogP contribution in [0.4, 0.5) is 5.69 Å². The molecular formula is C15H19NO. The minimum atomic E-state index is 0.176. The van der Waals surface area contributed by atoms with Crippen molar-refractivity contribution >= 4 is 11.5 Å². The summed E-state index contributed by atoms with van der Waals surface area (Å²) in [5.41, 5.74) is 1.96. The molecule has 0 saturated heterocycles. The third-order valence-corrected chi connectivity index (χ3v) is 3.46. The average Bonchev–Trinajstić information content (AvgIpc) is 2.35. The van der Waals surface area contributed by atoms with E-state index in [1.165, 1.54) is 0 Å². The zero-order valence-corrected chi connectivity index (χ0v) is 10.4. The first kappa shape index (κ1) is 11.9. The summed E-state index contributed by atoms with van der Waals surface area (Å²) in [6.07, 6.45) is 4.01. The molecule has 17 heavy (non-hydrogen) atoms. The molecule has 2 heteroatoms. The monoisotopic (exact) mass is 229 g/mol. The third-order valence-electron chi connectivity index (χ3n) is 3.46. The summed E-state index contributed by atoms with van der Waals surface area (Å²) in [5.74, 6) is 0.845. The fourth-order valence-electron chi connectivity index (χ4n) is 2.22. The van der Waals surface area contributed by atoms with Gasteiger partial charge in [-0.1, -0.05) is 32.0 Å². The molecule has 1 saturated carbocycles. The van der Waals surface area contributed by atoms with E-state index in [0.717, 1.165) is 24.1 Å². The minimum Gasteiger partial charge on any atom is -0.361 e. The van der Waals surface area contributed by atoms with Crippen LogP contribution in [0.25, 0.3) is 0 Å². The lowest BCUT2D eigenvalue weighted by atomic mass is 9.79. The van der Waals surface area contributed by atoms with Gasteiger partial charge in [0.1, 0.15) is 0 Å². The molecular weight excluding hydrogens is 210 g/mol. The molecule has 1 aliphatic carbocycles. The summed E-state index contributed by atoms with van der Waals surface area (Å²) >= 11 is 0. The van der Waals surface area contributed by atoms with Gasteiger partial charge in [0, 0.05) is 23.4 Å². The molecule has 0 aliphatic heterocycles. The van der Waals surface area contributed by atoms with Gasteiger partial charge < -0.3 is 5.32 Å². The van der Waals surface area contributed by atoms with Gasteiger partial charge in [-0.05, 0) is 30.9 Å². The van der Waals surface area contributed by atoms with Crippen LogP contribution in [0.5, 0.6) is 0 Å². The van der Waals surface area contributed by atoms with Crippen LogP contribution in [0.1, 0.15) is 26.7 Å². The lowest BCUT2D eigenvalue weighted by Crippen LogP contribution is -2.25. The molecule has 1 fully saturated rings. The number of carbonyl (C=O) groups is 1. The lowest BCUT2D eigenvalue weighted by Gasteiger charge is -2.25. The number of hydrogen-bond donors (Lipinski definition) is 1. The number of benzene rings is 1. The van der Waals surface area contributed by atoms with Crippen LogP contribution in [0.15, 0.2) is 42.1 Å². The Morgan fingerprint density at radius 1 is 1.12 bits per heavy atom. The highest BCUT2D eigenvalue weighted by molar-refractivity contribution is 5.98. The molecule has 2 unspecified atom stereocenters. The molecule has 0 heterocycles. The van der Waals surface area contributed by atoms with Gasteiger partial charge in [0.15, 0.2) is 5.78 Å². The van der Waals surface area contributed by atoms with E-state index in [4.69, 9.17) is 0 Å². The van der Waals surface area contributed by atoms with Crippen molar-refractivity contribution in [1.29, 1.82) is 0 Å². The maximum Gasteiger partial charge on any atom is 0.163 e. The second-order valence-corrected chi connectivity index (χ2v) is 4.85. The van der Waals surface area contributed by atoms with E-state index in [0.29, 0.717) is 11.7 Å². The predicted molar refractivity (Wildman–Crippen MR) is 70.7 cm³/mol. The van der Waals surface area contributed by atoms with E-state index in [1.54, 1.807) is 0 Å². The minimum absolute atomic E-state index is 0.176. The van der Waals surface area contributed by atoms with Crippen LogP contribution in [0.3, 0.4) is 0 Å². The number of allylic oxidation sites excluding steroid dienone is 1. The number of anilines is 1. The number of hydrogen-bond acceptors (Lipinski definition) is 2. The van der Waals surface area contributed by atoms with Gasteiger partial charge in [-0.2, -0.15) is 0 Å². The summed E-state index contributed by atoms with van der Waals surface area (Å²) in [7, 11) is 0. The van der Waals surface area contributed by atoms with Gasteiger partial charge in [-0.25, -0.2) is 0 Å². The van der Waals surface area contributed by atoms with Crippen LogP contribution in [0.2, 0.25) is 0 Å². The van der Waals surface area contributed by atoms with Gasteiger partial charge in [-0.15, -0.1) is 0 Å². The van der Waals surface area contributed by atoms with Crippen molar-refractivity contribution in [2.45, 2.75) is 26.7 Å². The van der Waals surface area contributed by atoms with Gasteiger partial charge >= 0.3 is 0 Å². The van der Waals surface area contributed by atoms with E-state index >= 15 is 0 Å². The highest BCUT2D eigenvalue weighted by atomic mass is 16.1. The number of carbonyl (C=O) groups excluding carboxylic acids is 1. The molecule has 0 amide bonds. The van der Waals surface area contributed by atoms with Crippen molar-refractivity contribution < 1.29 is 4.79 Å². The maximum absolute atomic E-state index is 12.0. The summed E-state index contributed by atoms with van der Waals surface area (Å²) in [5, 5.41) is 3.21. The van der Waals surface area contributed by atoms with Gasteiger partial charge in [0.25, 0.3) is 0 Å². The summed E-state index contributed by atoms with van der Waals surface area (Å²) < 4.78 is 0. The molecule has 0 spiro atoms. The van der Waals surface area contributed by atoms with Crippen LogP contribution in [0, 0.1) is 11.8 Å². The maximum atomic E-state index is 12.0. The Morgan fingerprint density at radius 3 is 2.47 bits per heavy atom. The second-order valence-electron chi connectivity index (χ2n) is 4.85. The smallest absolute Gasteiger partial charge is 0.163 e. The molecule has 2 atom stereocenters. The van der Waals surface area contributed by atoms with Crippen LogP contribution < -0.4 is 5.32 Å². The fourth-order valence-corrected chi connectivity index (χ4v) is 2.22. The fraction of sp³-hybridized carbons (Fsp3) is 0.400. The average molecular weight is 229 g/mol. The second kappa shape index (κ2) is 5.17. The van der Waals surface area contributed by atoms with E-state index < -0.39 is 0 Å². The Hall–Kier alpha value is -1.57. The number of Topliss-reactive ketones (excluding diaryl/α,β-unsaturated/α-hetero) is 1. The largest absolute Gasteiger partial charge is 0.361 e. The Kier molecular flexibility index (Phi) is 3.62. The number of para-hydroxylation sites is 1. The molecule has 90 valence electrons. The van der Waals surface area contributed by atoms with Crippen molar-refractivity contribution in [3.05, 3.63) is 42.1 Å². The Balaban J connectivity index is 2.12. The van der Waals surface area contributed by atoms with Crippen LogP contribution >= 0.6 is 0 Å². The first-order chi connectivity index (χ1) is 8.18. The highest BCUT2D eigenvalue weighted by Crippen LogP contribution is 2.29. The zero-order valence-electron chi connectivity index (χ0n) is 10.4. The van der Waals surface area contributed by atoms with Gasteiger partial charge in [0.05, 0.1) is 0 Å². The van der Waals surface area contributed by atoms with E-state index in [-0.39, 0.29) is 5.92 Å². The normalized spacial score (nSPS) is 27.2. The Labute approximate surface area is 103 Å². The SMILES string of the molecule is CC1CCC(C)C(=CNc2ccccc2)C1=O. The number of nitrogens with one attached hydrogen (secondary N) is 1. The molecule has 2 rings (SSSR count). The van der Waals surface area contributed by atoms with Crippen molar-refractivity contribution in [3.8, 4) is 0 Å². The van der Waals surface area contributed by atoms with E-state index in [1.807, 2.05) is 43.5 Å². The van der Waals surface area contributed by atoms with Crippen molar-refractivity contribution in [2.75, 3.05) is 5.32 Å². The van der Waals surface area contributed by atoms with E-state index in [2.05, 4.69) is 12.2 Å². The zero-order chi connectivity index (χ0) is 12.3. The summed E-state index contributed by atoms with van der Waals surface area (Å²) in [6.45, 7) is 4.15. The molecule has 0 aromatic heterocycles. The first-order valence-electron chi connectivity index (χ1n) is 6.24. The molecule has 0 radical (unpaired) electrons. The molecule has 1 aromatic rings. The van der Waals surface area contributed by atoms with Crippen LogP contribution in [-0.4, -0.2) is 5.78 Å². The Bertz CT molecular complexity index is 422. The topological polar surface area (TPSA) is 29.1 Å². The summed E-state index contributed by atoms with van der Waals surface area (Å²) in [4.78, 5) is 12.0. The van der Waals surface area contributed by atoms with E-state index in [9.17, 15) is 4.79 Å². The molecule has 0 bridgehead atoms. The van der Waals surface area contributed by atoms with Crippen molar-refractivity contribution in [2.24, 2.45) is 11.8 Å². The van der Waals surface area contributed by atoms with Crippen LogP contribution in [-0.2, 0) is 4.79 Å². The number of rotatable bonds is 2. The third kappa shape index (κ3) is 2.76. The Morgan fingerprint density at radius 2 is 1.76 bits per heavy atom. The highest BCUT2D eigenvalue weighted by Gasteiger charge is 2.27. The molecule has 2 nitrogen and oxygen atoms in total. The quantitative estimate of drug-likeness (QED) is 0.785.